The number of sulfone groups is 1. The van der Waals surface area contributed by atoms with E-state index in [1.165, 1.54) is 37.3 Å². The van der Waals surface area contributed by atoms with E-state index in [2.05, 4.69) is 5.32 Å². The lowest BCUT2D eigenvalue weighted by Crippen LogP contribution is -2.28. The van der Waals surface area contributed by atoms with Crippen LogP contribution in [0.25, 0.3) is 0 Å². The van der Waals surface area contributed by atoms with Gasteiger partial charge in [0.25, 0.3) is 0 Å². The Morgan fingerprint density at radius 2 is 1.74 bits per heavy atom. The zero-order chi connectivity index (χ0) is 31.1. The van der Waals surface area contributed by atoms with Gasteiger partial charge in [0.15, 0.2) is 9.84 Å². The summed E-state index contributed by atoms with van der Waals surface area (Å²) in [5, 5.41) is 1.99. The lowest BCUT2D eigenvalue weighted by Gasteiger charge is -2.24. The number of halogens is 6. The summed E-state index contributed by atoms with van der Waals surface area (Å²) in [6.07, 6.45) is -2.86. The van der Waals surface area contributed by atoms with Gasteiger partial charge in [0.05, 0.1) is 22.1 Å². The molecule has 0 saturated carbocycles. The predicted molar refractivity (Wildman–Crippen MR) is 149 cm³/mol. The van der Waals surface area contributed by atoms with E-state index in [0.29, 0.717) is 25.9 Å². The maximum atomic E-state index is 14.8. The molecule has 1 amide bonds. The summed E-state index contributed by atoms with van der Waals surface area (Å²) in [4.78, 5) is 12.8. The van der Waals surface area contributed by atoms with E-state index < -0.39 is 38.3 Å². The van der Waals surface area contributed by atoms with Gasteiger partial charge in [-0.05, 0) is 48.2 Å². The number of ether oxygens (including phenoxy) is 1. The van der Waals surface area contributed by atoms with Crippen LogP contribution in [-0.4, -0.2) is 45.2 Å². The van der Waals surface area contributed by atoms with Gasteiger partial charge in [-0.15, -0.1) is 0 Å². The lowest BCUT2D eigenvalue weighted by atomic mass is 10.1. The molecule has 0 radical (unpaired) electrons. The second-order valence-electron chi connectivity index (χ2n) is 9.69. The highest BCUT2D eigenvalue weighted by Crippen LogP contribution is 2.36. The van der Waals surface area contributed by atoms with Crippen molar-refractivity contribution >= 4 is 27.3 Å². The summed E-state index contributed by atoms with van der Waals surface area (Å²) in [7, 11) is -3.86. The van der Waals surface area contributed by atoms with Gasteiger partial charge in [-0.25, -0.2) is 17.2 Å². The van der Waals surface area contributed by atoms with Gasteiger partial charge < -0.3 is 10.1 Å². The highest BCUT2D eigenvalue weighted by Gasteiger charge is 2.34. The van der Waals surface area contributed by atoms with Crippen LogP contribution in [0.3, 0.4) is 0 Å². The first-order valence-corrected chi connectivity index (χ1v) is 15.1. The Morgan fingerprint density at radius 3 is 2.36 bits per heavy atom. The van der Waals surface area contributed by atoms with Gasteiger partial charge >= 0.3 is 6.18 Å². The average molecular weight is 633 g/mol. The molecule has 6 nitrogen and oxygen atoms in total. The molecule has 0 aliphatic rings. The molecule has 42 heavy (non-hydrogen) atoms. The van der Waals surface area contributed by atoms with Gasteiger partial charge in [0.2, 0.25) is 5.91 Å². The van der Waals surface area contributed by atoms with Crippen molar-refractivity contribution in [2.45, 2.75) is 43.9 Å². The molecule has 0 atom stereocenters. The summed E-state index contributed by atoms with van der Waals surface area (Å²) in [6.45, 7) is 1.79. The van der Waals surface area contributed by atoms with Gasteiger partial charge in [-0.1, -0.05) is 35.9 Å². The largest absolute Gasteiger partial charge is 0.493 e. The van der Waals surface area contributed by atoms with Crippen LogP contribution in [0.4, 0.5) is 22.0 Å². The number of hydrogen-bond donors (Lipinski definition) is 1. The number of nitrogens with one attached hydrogen (secondary N) is 1. The Kier molecular flexibility index (Phi) is 11.3. The second-order valence-corrected chi connectivity index (χ2v) is 12.1. The first-order valence-electron chi connectivity index (χ1n) is 12.9. The number of amides is 1. The number of carbonyl (C=O) groups is 1. The molecule has 0 aromatic heterocycles. The fraction of sp³-hybridized carbons (Fsp3) is 0.345. The maximum absolute atomic E-state index is 14.8. The van der Waals surface area contributed by atoms with Crippen LogP contribution in [0.15, 0.2) is 59.5 Å². The van der Waals surface area contributed by atoms with Gasteiger partial charge in [-0.3, -0.25) is 9.69 Å². The van der Waals surface area contributed by atoms with E-state index in [0.717, 1.165) is 24.0 Å². The monoisotopic (exact) mass is 632 g/mol. The normalized spacial score (nSPS) is 12.0. The van der Waals surface area contributed by atoms with E-state index in [-0.39, 0.29) is 47.3 Å². The zero-order valence-electron chi connectivity index (χ0n) is 22.9. The van der Waals surface area contributed by atoms with Crippen LogP contribution in [-0.2, 0) is 40.3 Å². The third-order valence-corrected chi connectivity index (χ3v) is 7.95. The van der Waals surface area contributed by atoms with E-state index >= 15 is 0 Å². The fourth-order valence-electron chi connectivity index (χ4n) is 4.23. The molecular formula is C29H30ClF5N2O4S. The molecule has 228 valence electrons. The molecule has 1 N–H and O–H groups in total. The van der Waals surface area contributed by atoms with E-state index in [1.54, 1.807) is 12.1 Å². The summed E-state index contributed by atoms with van der Waals surface area (Å²) in [5.74, 6) is -1.73. The number of rotatable bonds is 13. The molecule has 0 saturated heterocycles. The first kappa shape index (κ1) is 33.3. The molecule has 13 heteroatoms. The molecule has 0 unspecified atom stereocenters. The quantitative estimate of drug-likeness (QED) is 0.180. The van der Waals surface area contributed by atoms with Crippen molar-refractivity contribution in [3.8, 4) is 5.75 Å². The molecule has 3 aromatic rings. The van der Waals surface area contributed by atoms with E-state index in [9.17, 15) is 35.2 Å². The molecule has 0 fully saturated rings. The van der Waals surface area contributed by atoms with Crippen LogP contribution >= 0.6 is 11.6 Å². The maximum Gasteiger partial charge on any atom is 0.417 e. The molecule has 0 heterocycles. The minimum Gasteiger partial charge on any atom is -0.493 e. The van der Waals surface area contributed by atoms with Crippen molar-refractivity contribution < 1.29 is 39.9 Å². The third kappa shape index (κ3) is 9.67. The minimum absolute atomic E-state index is 0.0294. The van der Waals surface area contributed by atoms with E-state index in [1.807, 2.05) is 4.90 Å². The predicted octanol–water partition coefficient (Wildman–Crippen LogP) is 6.19. The minimum atomic E-state index is -4.61. The van der Waals surface area contributed by atoms with Crippen molar-refractivity contribution in [2.75, 3.05) is 26.0 Å². The summed E-state index contributed by atoms with van der Waals surface area (Å²) in [5.41, 5.74) is -0.0174. The Bertz CT molecular complexity index is 1500. The molecule has 3 aromatic carbocycles. The number of carbonyl (C=O) groups excluding carboxylic acids is 1. The van der Waals surface area contributed by atoms with Crippen molar-refractivity contribution in [3.63, 3.8) is 0 Å². The Balaban J connectivity index is 1.73. The number of hydrogen-bond acceptors (Lipinski definition) is 5. The van der Waals surface area contributed by atoms with Crippen molar-refractivity contribution in [1.82, 2.24) is 10.2 Å². The molecule has 0 spiro atoms. The fourth-order valence-corrected chi connectivity index (χ4v) is 5.47. The van der Waals surface area contributed by atoms with Gasteiger partial charge in [0, 0.05) is 51.0 Å². The standard InChI is InChI=1S/C29H30ClF5N2O4S/c1-19(38)36-17-24-26(32)15-23(16-27(24)42(2,39)40)41-14-4-12-37(13-11-20-7-9-22(31)10-8-20)18-21-5-3-6-25(28(21)30)29(33,34)35/h3,5-10,15-16H,4,11-14,17-18H2,1-2H3,(H,36,38). The zero-order valence-corrected chi connectivity index (χ0v) is 24.5. The van der Waals surface area contributed by atoms with Crippen molar-refractivity contribution in [1.29, 1.82) is 0 Å². The van der Waals surface area contributed by atoms with Crippen LogP contribution < -0.4 is 10.1 Å². The first-order chi connectivity index (χ1) is 19.6. The highest BCUT2D eigenvalue weighted by atomic mass is 35.5. The molecule has 0 aliphatic heterocycles. The summed E-state index contributed by atoms with van der Waals surface area (Å²) < 4.78 is 98.4. The number of alkyl halides is 3. The Morgan fingerprint density at radius 1 is 1.05 bits per heavy atom. The number of nitrogens with zero attached hydrogens (tertiary/aromatic N) is 1. The van der Waals surface area contributed by atoms with Crippen LogP contribution in [0.5, 0.6) is 5.75 Å². The Hall–Kier alpha value is -3.22. The number of benzene rings is 3. The summed E-state index contributed by atoms with van der Waals surface area (Å²) in [6, 6.07) is 11.8. The van der Waals surface area contributed by atoms with Gasteiger partial charge in [0.1, 0.15) is 17.4 Å². The van der Waals surface area contributed by atoms with Crippen LogP contribution in [0, 0.1) is 11.6 Å². The Labute approximate surface area is 246 Å². The summed E-state index contributed by atoms with van der Waals surface area (Å²) >= 11 is 6.11. The van der Waals surface area contributed by atoms with Crippen LogP contribution in [0.2, 0.25) is 5.02 Å². The molecular weight excluding hydrogens is 603 g/mol. The SMILES string of the molecule is CC(=O)NCc1c(F)cc(OCCCN(CCc2ccc(F)cc2)Cc2cccc(C(F)(F)F)c2Cl)cc1S(C)(=O)=O. The van der Waals surface area contributed by atoms with E-state index in [4.69, 9.17) is 16.3 Å². The highest BCUT2D eigenvalue weighted by molar-refractivity contribution is 7.90. The topological polar surface area (TPSA) is 75.7 Å². The molecule has 3 rings (SSSR count). The van der Waals surface area contributed by atoms with Crippen molar-refractivity contribution in [2.24, 2.45) is 0 Å². The van der Waals surface area contributed by atoms with Gasteiger partial charge in [-0.2, -0.15) is 13.2 Å². The van der Waals surface area contributed by atoms with Crippen LogP contribution in [0.1, 0.15) is 35.6 Å². The smallest absolute Gasteiger partial charge is 0.417 e. The third-order valence-electron chi connectivity index (χ3n) is 6.34. The average Bonchev–Trinajstić information content (AvgIpc) is 2.89. The second kappa shape index (κ2) is 14.3. The lowest BCUT2D eigenvalue weighted by molar-refractivity contribution is -0.137. The molecule has 0 aliphatic carbocycles. The molecule has 0 bridgehead atoms. The van der Waals surface area contributed by atoms with Crippen molar-refractivity contribution in [3.05, 3.63) is 93.5 Å².